The van der Waals surface area contributed by atoms with Gasteiger partial charge in [-0.15, -0.1) is 0 Å². The van der Waals surface area contributed by atoms with E-state index in [-0.39, 0.29) is 18.5 Å². The zero-order chi connectivity index (χ0) is 12.7. The summed E-state index contributed by atoms with van der Waals surface area (Å²) in [6.45, 7) is 0.738. The number of hydrogen-bond acceptors (Lipinski definition) is 2. The number of alkyl halides is 2. The summed E-state index contributed by atoms with van der Waals surface area (Å²) >= 11 is 0. The Kier molecular flexibility index (Phi) is 3.47. The zero-order valence-electron chi connectivity index (χ0n) is 10.0. The average molecular weight is 267 g/mol. The Labute approximate surface area is 101 Å². The summed E-state index contributed by atoms with van der Waals surface area (Å²) in [5.41, 5.74) is 0. The Morgan fingerprint density at radius 1 is 1.12 bits per heavy atom. The second kappa shape index (κ2) is 4.46. The number of halogens is 2. The minimum atomic E-state index is -4.47. The molecule has 0 bridgehead atoms. The highest BCUT2D eigenvalue weighted by atomic mass is 32.2. The van der Waals surface area contributed by atoms with Crippen LogP contribution in [-0.2, 0) is 10.0 Å². The van der Waals surface area contributed by atoms with E-state index in [2.05, 4.69) is 0 Å². The number of rotatable bonds is 2. The predicted octanol–water partition coefficient (Wildman–Crippen LogP) is 2.58. The van der Waals surface area contributed by atoms with Gasteiger partial charge in [0.1, 0.15) is 0 Å². The standard InChI is InChI=1S/C11H19F2NO2S/c1-11(12,13)17(15,16)14-8-4-6-9-5-2-3-7-10(9)14/h9-10H,2-8H2,1H3. The first-order valence-corrected chi connectivity index (χ1v) is 7.67. The summed E-state index contributed by atoms with van der Waals surface area (Å²) in [6, 6.07) is -0.187. The molecule has 2 atom stereocenters. The molecule has 0 aromatic rings. The highest BCUT2D eigenvalue weighted by Gasteiger charge is 2.49. The quantitative estimate of drug-likeness (QED) is 0.771. The average Bonchev–Trinajstić information content (AvgIpc) is 2.26. The number of hydrogen-bond donors (Lipinski definition) is 0. The highest BCUT2D eigenvalue weighted by molar-refractivity contribution is 7.90. The lowest BCUT2D eigenvalue weighted by Crippen LogP contribution is -2.53. The topological polar surface area (TPSA) is 37.4 Å². The van der Waals surface area contributed by atoms with E-state index in [0.29, 0.717) is 13.3 Å². The van der Waals surface area contributed by atoms with Crippen LogP contribution in [0.2, 0.25) is 0 Å². The number of nitrogens with zero attached hydrogens (tertiary/aromatic N) is 1. The number of fused-ring (bicyclic) bond motifs is 1. The second-order valence-corrected chi connectivity index (χ2v) is 7.31. The van der Waals surface area contributed by atoms with E-state index in [4.69, 9.17) is 0 Å². The van der Waals surface area contributed by atoms with Crippen LogP contribution in [0.5, 0.6) is 0 Å². The fraction of sp³-hybridized carbons (Fsp3) is 1.00. The molecule has 0 aromatic carbocycles. The van der Waals surface area contributed by atoms with Gasteiger partial charge in [0, 0.05) is 19.5 Å². The van der Waals surface area contributed by atoms with Gasteiger partial charge in [-0.3, -0.25) is 0 Å². The number of piperidine rings is 1. The lowest BCUT2D eigenvalue weighted by molar-refractivity contribution is 0.0784. The minimum absolute atomic E-state index is 0.187. The molecule has 0 amide bonds. The molecule has 2 aliphatic rings. The van der Waals surface area contributed by atoms with Gasteiger partial charge < -0.3 is 0 Å². The molecule has 0 N–H and O–H groups in total. The van der Waals surface area contributed by atoms with E-state index >= 15 is 0 Å². The van der Waals surface area contributed by atoms with Crippen molar-refractivity contribution in [1.82, 2.24) is 4.31 Å². The molecular weight excluding hydrogens is 248 g/mol. The van der Waals surface area contributed by atoms with Gasteiger partial charge in [-0.1, -0.05) is 12.8 Å². The molecule has 1 heterocycles. The summed E-state index contributed by atoms with van der Waals surface area (Å²) in [4.78, 5) is 0. The van der Waals surface area contributed by atoms with Crippen molar-refractivity contribution < 1.29 is 17.2 Å². The van der Waals surface area contributed by atoms with Crippen molar-refractivity contribution in [3.05, 3.63) is 0 Å². The predicted molar refractivity (Wildman–Crippen MR) is 61.2 cm³/mol. The normalized spacial score (nSPS) is 32.2. The fourth-order valence-corrected chi connectivity index (χ4v) is 4.50. The maximum atomic E-state index is 13.2. The van der Waals surface area contributed by atoms with Crippen molar-refractivity contribution in [2.45, 2.75) is 56.7 Å². The van der Waals surface area contributed by atoms with E-state index in [1.54, 1.807) is 0 Å². The van der Waals surface area contributed by atoms with E-state index < -0.39 is 15.3 Å². The van der Waals surface area contributed by atoms with Crippen LogP contribution in [0.15, 0.2) is 0 Å². The summed E-state index contributed by atoms with van der Waals surface area (Å²) in [5.74, 6) is 0.287. The first kappa shape index (κ1) is 13.2. The highest BCUT2D eigenvalue weighted by Crippen LogP contribution is 2.39. The third-order valence-corrected chi connectivity index (χ3v) is 5.93. The molecule has 1 aliphatic carbocycles. The Bertz CT molecular complexity index is 375. The molecule has 2 rings (SSSR count). The molecular formula is C11H19F2NO2S. The van der Waals surface area contributed by atoms with Crippen molar-refractivity contribution in [3.63, 3.8) is 0 Å². The second-order valence-electron chi connectivity index (χ2n) is 5.18. The molecule has 100 valence electrons. The van der Waals surface area contributed by atoms with Gasteiger partial charge in [-0.05, 0) is 31.6 Å². The maximum absolute atomic E-state index is 13.2. The third kappa shape index (κ3) is 2.34. The molecule has 2 fully saturated rings. The van der Waals surface area contributed by atoms with Gasteiger partial charge >= 0.3 is 5.25 Å². The van der Waals surface area contributed by atoms with Crippen LogP contribution in [0.3, 0.4) is 0 Å². The molecule has 1 aliphatic heterocycles. The van der Waals surface area contributed by atoms with Crippen molar-refractivity contribution >= 4 is 10.0 Å². The third-order valence-electron chi connectivity index (χ3n) is 3.95. The molecule has 17 heavy (non-hydrogen) atoms. The molecule has 1 saturated carbocycles. The SMILES string of the molecule is CC(F)(F)S(=O)(=O)N1CCCC2CCCCC21. The first-order valence-electron chi connectivity index (χ1n) is 6.23. The van der Waals surface area contributed by atoms with Crippen LogP contribution in [0.1, 0.15) is 45.4 Å². The van der Waals surface area contributed by atoms with Crippen LogP contribution >= 0.6 is 0 Å². The minimum Gasteiger partial charge on any atom is -0.206 e. The molecule has 0 spiro atoms. The maximum Gasteiger partial charge on any atom is 0.356 e. The monoisotopic (exact) mass is 267 g/mol. The fourth-order valence-electron chi connectivity index (χ4n) is 3.08. The molecule has 1 saturated heterocycles. The first-order chi connectivity index (χ1) is 7.84. The van der Waals surface area contributed by atoms with Crippen LogP contribution in [0, 0.1) is 5.92 Å². The van der Waals surface area contributed by atoms with Crippen LogP contribution in [0.4, 0.5) is 8.78 Å². The van der Waals surface area contributed by atoms with Gasteiger partial charge in [0.2, 0.25) is 0 Å². The van der Waals surface area contributed by atoms with E-state index in [9.17, 15) is 17.2 Å². The van der Waals surface area contributed by atoms with Gasteiger partial charge in [0.15, 0.2) is 0 Å². The summed E-state index contributed by atoms with van der Waals surface area (Å²) < 4.78 is 51.2. The van der Waals surface area contributed by atoms with E-state index in [1.165, 1.54) is 0 Å². The molecule has 0 radical (unpaired) electrons. The van der Waals surface area contributed by atoms with E-state index in [1.807, 2.05) is 0 Å². The molecule has 0 aromatic heterocycles. The summed E-state index contributed by atoms with van der Waals surface area (Å²) in [6.07, 6.45) is 5.44. The van der Waals surface area contributed by atoms with E-state index in [0.717, 1.165) is 36.4 Å². The molecule has 6 heteroatoms. The van der Waals surface area contributed by atoms with Crippen molar-refractivity contribution in [3.8, 4) is 0 Å². The van der Waals surface area contributed by atoms with Crippen LogP contribution in [-0.4, -0.2) is 30.6 Å². The van der Waals surface area contributed by atoms with Gasteiger partial charge in [0.25, 0.3) is 10.0 Å². The largest absolute Gasteiger partial charge is 0.356 e. The van der Waals surface area contributed by atoms with Gasteiger partial charge in [-0.2, -0.15) is 13.1 Å². The van der Waals surface area contributed by atoms with Crippen LogP contribution < -0.4 is 0 Å². The number of sulfonamides is 1. The zero-order valence-corrected chi connectivity index (χ0v) is 10.8. The Hall–Kier alpha value is -0.230. The van der Waals surface area contributed by atoms with Crippen LogP contribution in [0.25, 0.3) is 0 Å². The summed E-state index contributed by atoms with van der Waals surface area (Å²) in [7, 11) is -4.47. The van der Waals surface area contributed by atoms with Gasteiger partial charge in [0.05, 0.1) is 0 Å². The molecule has 2 unspecified atom stereocenters. The van der Waals surface area contributed by atoms with Crippen molar-refractivity contribution in [2.75, 3.05) is 6.54 Å². The van der Waals surface area contributed by atoms with Crippen molar-refractivity contribution in [1.29, 1.82) is 0 Å². The van der Waals surface area contributed by atoms with Gasteiger partial charge in [-0.25, -0.2) is 8.42 Å². The Morgan fingerprint density at radius 3 is 2.35 bits per heavy atom. The Morgan fingerprint density at radius 2 is 1.71 bits per heavy atom. The lowest BCUT2D eigenvalue weighted by Gasteiger charge is -2.43. The lowest BCUT2D eigenvalue weighted by atomic mass is 9.79. The summed E-state index contributed by atoms with van der Waals surface area (Å²) in [5, 5.41) is -3.66. The molecule has 3 nitrogen and oxygen atoms in total. The van der Waals surface area contributed by atoms with Crippen molar-refractivity contribution in [2.24, 2.45) is 5.92 Å². The Balaban J connectivity index is 2.25. The smallest absolute Gasteiger partial charge is 0.206 e.